The molecule has 2 rings (SSSR count). The van der Waals surface area contributed by atoms with Crippen molar-refractivity contribution in [1.29, 1.82) is 0 Å². The number of halogens is 2. The summed E-state index contributed by atoms with van der Waals surface area (Å²) in [6.07, 6.45) is 2.63. The van der Waals surface area contributed by atoms with Crippen LogP contribution < -0.4 is 10.1 Å². The number of hydrogen-bond donors (Lipinski definition) is 1. The molecule has 0 aliphatic rings. The van der Waals surface area contributed by atoms with Crippen molar-refractivity contribution in [3.05, 3.63) is 52.5 Å². The molecule has 1 N–H and O–H groups in total. The van der Waals surface area contributed by atoms with Crippen molar-refractivity contribution in [2.24, 2.45) is 0 Å². The lowest BCUT2D eigenvalue weighted by Gasteiger charge is -2.15. The monoisotopic (exact) mass is 352 g/mol. The molecule has 0 saturated heterocycles. The third kappa shape index (κ3) is 4.51. The Hall–Kier alpha value is -1.46. The molecular formula is C16H18BrFN2O. The minimum atomic E-state index is -0.345. The van der Waals surface area contributed by atoms with Crippen LogP contribution in [-0.2, 0) is 0 Å². The molecule has 0 aliphatic carbocycles. The van der Waals surface area contributed by atoms with Crippen LogP contribution in [0.2, 0.25) is 0 Å². The van der Waals surface area contributed by atoms with Crippen molar-refractivity contribution in [2.45, 2.75) is 26.3 Å². The van der Waals surface area contributed by atoms with Gasteiger partial charge in [-0.3, -0.25) is 4.98 Å². The zero-order chi connectivity index (χ0) is 15.2. The number of rotatable bonds is 6. The highest BCUT2D eigenvalue weighted by Crippen LogP contribution is 2.26. The summed E-state index contributed by atoms with van der Waals surface area (Å²) in [4.78, 5) is 4.42. The summed E-state index contributed by atoms with van der Waals surface area (Å²) in [5.41, 5.74) is 0.979. The van der Waals surface area contributed by atoms with Crippen molar-refractivity contribution < 1.29 is 9.13 Å². The fourth-order valence-electron chi connectivity index (χ4n) is 2.09. The number of aromatic nitrogens is 1. The lowest BCUT2D eigenvalue weighted by molar-refractivity contribution is 0.470. The Morgan fingerprint density at radius 3 is 2.62 bits per heavy atom. The maximum atomic E-state index is 13.3. The molecule has 1 unspecified atom stereocenters. The van der Waals surface area contributed by atoms with Gasteiger partial charge in [-0.2, -0.15) is 0 Å². The molecule has 1 aromatic carbocycles. The van der Waals surface area contributed by atoms with Gasteiger partial charge in [0.2, 0.25) is 0 Å². The Bertz CT molecular complexity index is 569. The first kappa shape index (κ1) is 15.9. The van der Waals surface area contributed by atoms with Crippen LogP contribution in [0.1, 0.15) is 32.0 Å². The van der Waals surface area contributed by atoms with Crippen LogP contribution in [0.15, 0.2) is 41.0 Å². The molecule has 0 radical (unpaired) electrons. The molecular weight excluding hydrogens is 335 g/mol. The van der Waals surface area contributed by atoms with Crippen molar-refractivity contribution in [3.8, 4) is 11.5 Å². The summed E-state index contributed by atoms with van der Waals surface area (Å²) in [5.74, 6) is 0.680. The normalized spacial score (nSPS) is 12.2. The largest absolute Gasteiger partial charge is 0.456 e. The number of nitrogens with one attached hydrogen (secondary N) is 1. The van der Waals surface area contributed by atoms with Crippen LogP contribution in [0, 0.1) is 5.82 Å². The number of benzene rings is 1. The maximum absolute atomic E-state index is 13.3. The molecule has 0 fully saturated rings. The van der Waals surface area contributed by atoms with Gasteiger partial charge in [-0.15, -0.1) is 0 Å². The lowest BCUT2D eigenvalue weighted by Crippen LogP contribution is -2.20. The maximum Gasteiger partial charge on any atom is 0.145 e. The van der Waals surface area contributed by atoms with Gasteiger partial charge in [0.15, 0.2) is 0 Å². The minimum absolute atomic E-state index is 0.243. The van der Waals surface area contributed by atoms with Crippen LogP contribution in [0.5, 0.6) is 11.5 Å². The Balaban J connectivity index is 2.11. The third-order valence-corrected chi connectivity index (χ3v) is 3.50. The highest BCUT2D eigenvalue weighted by atomic mass is 79.9. The van der Waals surface area contributed by atoms with Crippen molar-refractivity contribution in [2.75, 3.05) is 6.54 Å². The average molecular weight is 353 g/mol. The molecule has 1 aromatic heterocycles. The lowest BCUT2D eigenvalue weighted by atomic mass is 10.1. The first-order valence-electron chi connectivity index (χ1n) is 6.95. The minimum Gasteiger partial charge on any atom is -0.456 e. The second-order valence-electron chi connectivity index (χ2n) is 4.64. The topological polar surface area (TPSA) is 34.1 Å². The van der Waals surface area contributed by atoms with E-state index in [4.69, 9.17) is 4.74 Å². The van der Waals surface area contributed by atoms with E-state index in [0.717, 1.165) is 18.7 Å². The second-order valence-corrected chi connectivity index (χ2v) is 5.56. The Labute approximate surface area is 132 Å². The van der Waals surface area contributed by atoms with E-state index >= 15 is 0 Å². The summed E-state index contributed by atoms with van der Waals surface area (Å²) < 4.78 is 19.6. The van der Waals surface area contributed by atoms with Gasteiger partial charge in [-0.1, -0.05) is 29.8 Å². The SMILES string of the molecule is CCNC(CC)c1ccc(Oc2cc(F)cc(Br)c2)cn1. The van der Waals surface area contributed by atoms with Crippen LogP contribution in [0.3, 0.4) is 0 Å². The Kier molecular flexibility index (Phi) is 5.70. The van der Waals surface area contributed by atoms with E-state index in [9.17, 15) is 4.39 Å². The summed E-state index contributed by atoms with van der Waals surface area (Å²) in [6, 6.07) is 8.46. The van der Waals surface area contributed by atoms with Crippen LogP contribution in [0.4, 0.5) is 4.39 Å². The van der Waals surface area contributed by atoms with Gasteiger partial charge in [0.25, 0.3) is 0 Å². The Morgan fingerprint density at radius 2 is 2.05 bits per heavy atom. The summed E-state index contributed by atoms with van der Waals surface area (Å²) in [5, 5.41) is 3.37. The smallest absolute Gasteiger partial charge is 0.145 e. The molecule has 5 heteroatoms. The highest BCUT2D eigenvalue weighted by molar-refractivity contribution is 9.10. The molecule has 0 spiro atoms. The van der Waals surface area contributed by atoms with E-state index in [2.05, 4.69) is 40.1 Å². The van der Waals surface area contributed by atoms with Crippen LogP contribution >= 0.6 is 15.9 Å². The number of nitrogens with zero attached hydrogens (tertiary/aromatic N) is 1. The van der Waals surface area contributed by atoms with Crippen molar-refractivity contribution >= 4 is 15.9 Å². The van der Waals surface area contributed by atoms with E-state index in [0.29, 0.717) is 16.0 Å². The van der Waals surface area contributed by atoms with Gasteiger partial charge in [-0.25, -0.2) is 4.39 Å². The van der Waals surface area contributed by atoms with Gasteiger partial charge in [0.05, 0.1) is 11.9 Å². The quantitative estimate of drug-likeness (QED) is 0.807. The second kappa shape index (κ2) is 7.52. The predicted molar refractivity (Wildman–Crippen MR) is 85.1 cm³/mol. The van der Waals surface area contributed by atoms with Crippen LogP contribution in [-0.4, -0.2) is 11.5 Å². The standard InChI is InChI=1S/C16H18BrFN2O/c1-3-15(19-4-2)16-6-5-13(10-20-16)21-14-8-11(17)7-12(18)9-14/h5-10,15,19H,3-4H2,1-2H3. The molecule has 112 valence electrons. The molecule has 0 amide bonds. The molecule has 1 heterocycles. The van der Waals surface area contributed by atoms with Gasteiger partial charge < -0.3 is 10.1 Å². The fourth-order valence-corrected chi connectivity index (χ4v) is 2.53. The van der Waals surface area contributed by atoms with Crippen molar-refractivity contribution in [3.63, 3.8) is 0 Å². The predicted octanol–water partition coefficient (Wildman–Crippen LogP) is 4.84. The summed E-state index contributed by atoms with van der Waals surface area (Å²) >= 11 is 3.24. The Morgan fingerprint density at radius 1 is 1.24 bits per heavy atom. The summed E-state index contributed by atoms with van der Waals surface area (Å²) in [7, 11) is 0. The van der Waals surface area contributed by atoms with E-state index < -0.39 is 0 Å². The molecule has 2 aromatic rings. The van der Waals surface area contributed by atoms with E-state index in [1.165, 1.54) is 12.1 Å². The molecule has 0 aliphatic heterocycles. The van der Waals surface area contributed by atoms with Crippen molar-refractivity contribution in [1.82, 2.24) is 10.3 Å². The zero-order valence-corrected chi connectivity index (χ0v) is 13.7. The number of hydrogen-bond acceptors (Lipinski definition) is 3. The molecule has 21 heavy (non-hydrogen) atoms. The number of ether oxygens (including phenoxy) is 1. The van der Waals surface area contributed by atoms with Gasteiger partial charge in [0, 0.05) is 16.6 Å². The number of pyridine rings is 1. The average Bonchev–Trinajstić information content (AvgIpc) is 2.45. The van der Waals surface area contributed by atoms with E-state index in [-0.39, 0.29) is 11.9 Å². The zero-order valence-electron chi connectivity index (χ0n) is 12.1. The molecule has 3 nitrogen and oxygen atoms in total. The third-order valence-electron chi connectivity index (χ3n) is 3.05. The molecule has 0 bridgehead atoms. The van der Waals surface area contributed by atoms with E-state index in [1.54, 1.807) is 12.3 Å². The molecule has 0 saturated carbocycles. The van der Waals surface area contributed by atoms with Crippen LogP contribution in [0.25, 0.3) is 0 Å². The fraction of sp³-hybridized carbons (Fsp3) is 0.312. The summed E-state index contributed by atoms with van der Waals surface area (Å²) in [6.45, 7) is 5.08. The van der Waals surface area contributed by atoms with Gasteiger partial charge in [0.1, 0.15) is 17.3 Å². The highest BCUT2D eigenvalue weighted by Gasteiger charge is 2.09. The van der Waals surface area contributed by atoms with Gasteiger partial charge in [-0.05, 0) is 37.2 Å². The first-order chi connectivity index (χ1) is 10.1. The van der Waals surface area contributed by atoms with Gasteiger partial charge >= 0.3 is 0 Å². The van der Waals surface area contributed by atoms with E-state index in [1.807, 2.05) is 12.1 Å². The molecule has 1 atom stereocenters. The first-order valence-corrected chi connectivity index (χ1v) is 7.75.